The second kappa shape index (κ2) is 5.44. The lowest BCUT2D eigenvalue weighted by atomic mass is 9.94. The smallest absolute Gasteiger partial charge is 0.288 e. The Kier molecular flexibility index (Phi) is 4.45. The molecule has 6 heteroatoms. The zero-order chi connectivity index (χ0) is 13.2. The predicted octanol–water partition coefficient (Wildman–Crippen LogP) is 2.26. The Balaban J connectivity index is 3.07. The van der Waals surface area contributed by atoms with Crippen molar-refractivity contribution >= 4 is 17.3 Å². The van der Waals surface area contributed by atoms with Crippen LogP contribution in [0.3, 0.4) is 0 Å². The number of nitrogens with two attached hydrogens (primary N) is 1. The van der Waals surface area contributed by atoms with Gasteiger partial charge in [-0.25, -0.2) is 0 Å². The van der Waals surface area contributed by atoms with Crippen LogP contribution < -0.4 is 5.73 Å². The molecule has 0 spiro atoms. The largest absolute Gasteiger partial charge is 0.391 e. The fourth-order valence-corrected chi connectivity index (χ4v) is 1.68. The number of nitro groups is 1. The Morgan fingerprint density at radius 2 is 2.06 bits per heavy atom. The van der Waals surface area contributed by atoms with Crippen molar-refractivity contribution in [3.8, 4) is 0 Å². The van der Waals surface area contributed by atoms with Gasteiger partial charge in [0.2, 0.25) is 0 Å². The van der Waals surface area contributed by atoms with Crippen LogP contribution in [0.25, 0.3) is 0 Å². The standard InChI is InChI=1S/C11H15ClN2O3/c1-6(2)11(15)10(13)7-3-4-8(12)9(5-7)14(16)17/h3-6,10-11,15H,13H2,1-2H3/t10-,11+/m0/s1. The molecule has 0 aliphatic carbocycles. The Morgan fingerprint density at radius 3 is 2.53 bits per heavy atom. The number of aliphatic hydroxyl groups is 1. The number of nitrogens with zero attached hydrogens (tertiary/aromatic N) is 1. The van der Waals surface area contributed by atoms with E-state index in [9.17, 15) is 15.2 Å². The van der Waals surface area contributed by atoms with Gasteiger partial charge in [-0.05, 0) is 17.5 Å². The lowest BCUT2D eigenvalue weighted by molar-refractivity contribution is -0.384. The average Bonchev–Trinajstić information content (AvgIpc) is 2.27. The highest BCUT2D eigenvalue weighted by molar-refractivity contribution is 6.32. The molecule has 0 fully saturated rings. The van der Waals surface area contributed by atoms with E-state index in [1.54, 1.807) is 6.07 Å². The monoisotopic (exact) mass is 258 g/mol. The van der Waals surface area contributed by atoms with E-state index in [2.05, 4.69) is 0 Å². The summed E-state index contributed by atoms with van der Waals surface area (Å²) < 4.78 is 0. The summed E-state index contributed by atoms with van der Waals surface area (Å²) in [6.07, 6.45) is -0.754. The summed E-state index contributed by atoms with van der Waals surface area (Å²) in [7, 11) is 0. The van der Waals surface area contributed by atoms with Gasteiger partial charge >= 0.3 is 0 Å². The Hall–Kier alpha value is -1.17. The number of hydrogen-bond acceptors (Lipinski definition) is 4. The molecule has 1 rings (SSSR count). The first-order chi connectivity index (χ1) is 7.84. The topological polar surface area (TPSA) is 89.4 Å². The molecule has 0 heterocycles. The van der Waals surface area contributed by atoms with E-state index >= 15 is 0 Å². The van der Waals surface area contributed by atoms with Crippen LogP contribution in [0.4, 0.5) is 5.69 Å². The van der Waals surface area contributed by atoms with Gasteiger partial charge in [0.25, 0.3) is 5.69 Å². The van der Waals surface area contributed by atoms with Crippen molar-refractivity contribution in [3.05, 3.63) is 38.9 Å². The fourth-order valence-electron chi connectivity index (χ4n) is 1.49. The van der Waals surface area contributed by atoms with Crippen LogP contribution in [0.1, 0.15) is 25.5 Å². The number of aliphatic hydroxyl groups excluding tert-OH is 1. The number of benzene rings is 1. The van der Waals surface area contributed by atoms with Crippen molar-refractivity contribution in [2.24, 2.45) is 11.7 Å². The van der Waals surface area contributed by atoms with Gasteiger partial charge in [0.15, 0.2) is 0 Å². The lowest BCUT2D eigenvalue weighted by Gasteiger charge is -2.22. The number of nitro benzene ring substituents is 1. The Morgan fingerprint density at radius 1 is 1.47 bits per heavy atom. The molecule has 1 aromatic rings. The van der Waals surface area contributed by atoms with Gasteiger partial charge in [-0.3, -0.25) is 10.1 Å². The van der Waals surface area contributed by atoms with Crippen molar-refractivity contribution in [1.29, 1.82) is 0 Å². The number of halogens is 1. The molecule has 0 saturated heterocycles. The molecule has 0 saturated carbocycles. The van der Waals surface area contributed by atoms with E-state index in [1.807, 2.05) is 13.8 Å². The first-order valence-electron chi connectivity index (χ1n) is 5.22. The molecular weight excluding hydrogens is 244 g/mol. The minimum absolute atomic E-state index is 0.0280. The molecule has 17 heavy (non-hydrogen) atoms. The third-order valence-electron chi connectivity index (χ3n) is 2.60. The molecule has 94 valence electrons. The fraction of sp³-hybridized carbons (Fsp3) is 0.455. The third-order valence-corrected chi connectivity index (χ3v) is 2.92. The van der Waals surface area contributed by atoms with Gasteiger partial charge in [-0.2, -0.15) is 0 Å². The van der Waals surface area contributed by atoms with Crippen molar-refractivity contribution in [2.75, 3.05) is 0 Å². The molecule has 0 bridgehead atoms. The van der Waals surface area contributed by atoms with Crippen LogP contribution in [0.15, 0.2) is 18.2 Å². The Labute approximate surface area is 104 Å². The van der Waals surface area contributed by atoms with E-state index in [-0.39, 0.29) is 16.6 Å². The first-order valence-corrected chi connectivity index (χ1v) is 5.60. The summed E-state index contributed by atoms with van der Waals surface area (Å²) in [6.45, 7) is 3.66. The SMILES string of the molecule is CC(C)[C@@H](O)[C@@H](N)c1ccc(Cl)c([N+](=O)[O-])c1. The highest BCUT2D eigenvalue weighted by Gasteiger charge is 2.23. The lowest BCUT2D eigenvalue weighted by Crippen LogP contribution is -2.30. The maximum Gasteiger partial charge on any atom is 0.288 e. The van der Waals surface area contributed by atoms with Crippen LogP contribution in [0, 0.1) is 16.0 Å². The number of hydrogen-bond donors (Lipinski definition) is 2. The average molecular weight is 259 g/mol. The summed E-state index contributed by atoms with van der Waals surface area (Å²) in [5.74, 6) is -0.0280. The van der Waals surface area contributed by atoms with E-state index in [4.69, 9.17) is 17.3 Å². The normalized spacial score (nSPS) is 14.7. The molecule has 0 radical (unpaired) electrons. The van der Waals surface area contributed by atoms with Gasteiger partial charge < -0.3 is 10.8 Å². The van der Waals surface area contributed by atoms with Gasteiger partial charge in [0, 0.05) is 6.07 Å². The second-order valence-electron chi connectivity index (χ2n) is 4.23. The first kappa shape index (κ1) is 13.9. The van der Waals surface area contributed by atoms with Crippen molar-refractivity contribution in [3.63, 3.8) is 0 Å². The quantitative estimate of drug-likeness (QED) is 0.640. The van der Waals surface area contributed by atoms with Crippen LogP contribution in [-0.4, -0.2) is 16.1 Å². The highest BCUT2D eigenvalue weighted by atomic mass is 35.5. The van der Waals surface area contributed by atoms with Crippen LogP contribution in [0.5, 0.6) is 0 Å². The zero-order valence-electron chi connectivity index (χ0n) is 9.63. The molecule has 0 aromatic heterocycles. The summed E-state index contributed by atoms with van der Waals surface area (Å²) >= 11 is 5.69. The molecule has 0 unspecified atom stereocenters. The molecule has 0 aliphatic rings. The van der Waals surface area contributed by atoms with E-state index in [0.717, 1.165) is 0 Å². The van der Waals surface area contributed by atoms with Gasteiger partial charge in [-0.1, -0.05) is 31.5 Å². The van der Waals surface area contributed by atoms with Gasteiger partial charge in [0.1, 0.15) is 5.02 Å². The molecule has 3 N–H and O–H groups in total. The van der Waals surface area contributed by atoms with Crippen molar-refractivity contribution in [1.82, 2.24) is 0 Å². The summed E-state index contributed by atoms with van der Waals surface area (Å²) in [5, 5.41) is 20.6. The van der Waals surface area contributed by atoms with Gasteiger partial charge in [0.05, 0.1) is 17.1 Å². The van der Waals surface area contributed by atoms with Gasteiger partial charge in [-0.15, -0.1) is 0 Å². The van der Waals surface area contributed by atoms with Crippen LogP contribution >= 0.6 is 11.6 Å². The zero-order valence-corrected chi connectivity index (χ0v) is 10.4. The molecule has 0 amide bonds. The van der Waals surface area contributed by atoms with E-state index < -0.39 is 17.1 Å². The maximum absolute atomic E-state index is 10.7. The molecule has 0 aliphatic heterocycles. The van der Waals surface area contributed by atoms with E-state index in [1.165, 1.54) is 12.1 Å². The summed E-state index contributed by atoms with van der Waals surface area (Å²) in [4.78, 5) is 10.1. The molecule has 2 atom stereocenters. The Bertz CT molecular complexity index is 423. The molecule has 1 aromatic carbocycles. The minimum atomic E-state index is -0.754. The van der Waals surface area contributed by atoms with Crippen LogP contribution in [-0.2, 0) is 0 Å². The predicted molar refractivity (Wildman–Crippen MR) is 65.9 cm³/mol. The third kappa shape index (κ3) is 3.15. The van der Waals surface area contributed by atoms with Crippen LogP contribution in [0.2, 0.25) is 5.02 Å². The minimum Gasteiger partial charge on any atom is -0.391 e. The second-order valence-corrected chi connectivity index (χ2v) is 4.64. The van der Waals surface area contributed by atoms with E-state index in [0.29, 0.717) is 5.56 Å². The van der Waals surface area contributed by atoms with Crippen molar-refractivity contribution < 1.29 is 10.0 Å². The summed E-state index contributed by atoms with van der Waals surface area (Å²) in [6, 6.07) is 3.65. The summed E-state index contributed by atoms with van der Waals surface area (Å²) in [5.41, 5.74) is 6.15. The van der Waals surface area contributed by atoms with Crippen molar-refractivity contribution in [2.45, 2.75) is 26.0 Å². The maximum atomic E-state index is 10.7. The molecule has 5 nitrogen and oxygen atoms in total. The molecular formula is C11H15ClN2O3. The highest BCUT2D eigenvalue weighted by Crippen LogP contribution is 2.29. The number of rotatable bonds is 4.